The number of aliphatic carboxylic acids is 1. The smallest absolute Gasteiger partial charge is 0.326 e. The van der Waals surface area contributed by atoms with Crippen LogP contribution in [-0.2, 0) is 16.0 Å². The Labute approximate surface area is 116 Å². The minimum Gasteiger partial charge on any atom is -0.480 e. The molecule has 0 bridgehead atoms. The van der Waals surface area contributed by atoms with E-state index in [0.717, 1.165) is 5.56 Å². The van der Waals surface area contributed by atoms with Crippen molar-refractivity contribution in [3.05, 3.63) is 35.9 Å². The Balaban J connectivity index is 2.04. The molecule has 3 atom stereocenters. The Morgan fingerprint density at radius 1 is 1.35 bits per heavy atom. The minimum atomic E-state index is -1.11. The largest absolute Gasteiger partial charge is 0.480 e. The molecule has 6 nitrogen and oxygen atoms in total. The maximum absolute atomic E-state index is 12.2. The fourth-order valence-electron chi connectivity index (χ4n) is 2.46. The molecule has 6 heteroatoms. The van der Waals surface area contributed by atoms with E-state index < -0.39 is 30.1 Å². The Hall–Kier alpha value is -1.92. The van der Waals surface area contributed by atoms with Gasteiger partial charge in [0.25, 0.3) is 0 Å². The molecule has 0 radical (unpaired) electrons. The summed E-state index contributed by atoms with van der Waals surface area (Å²) in [6.07, 6.45) is -0.401. The van der Waals surface area contributed by atoms with E-state index in [-0.39, 0.29) is 13.0 Å². The minimum absolute atomic E-state index is 0.0261. The number of aliphatic hydroxyl groups excluding tert-OH is 1. The number of likely N-dealkylation sites (tertiary alicyclic amines) is 1. The first-order valence-corrected chi connectivity index (χ1v) is 6.50. The zero-order chi connectivity index (χ0) is 14.7. The topological polar surface area (TPSA) is 104 Å². The lowest BCUT2D eigenvalue weighted by Crippen LogP contribution is -2.49. The molecule has 1 heterocycles. The summed E-state index contributed by atoms with van der Waals surface area (Å²) < 4.78 is 0. The maximum atomic E-state index is 12.2. The van der Waals surface area contributed by atoms with Crippen LogP contribution in [0.5, 0.6) is 0 Å². The average molecular weight is 278 g/mol. The highest BCUT2D eigenvalue weighted by molar-refractivity contribution is 5.87. The summed E-state index contributed by atoms with van der Waals surface area (Å²) in [7, 11) is 0. The van der Waals surface area contributed by atoms with Crippen LogP contribution in [-0.4, -0.2) is 51.7 Å². The van der Waals surface area contributed by atoms with Crippen molar-refractivity contribution in [3.8, 4) is 0 Å². The van der Waals surface area contributed by atoms with Gasteiger partial charge in [-0.3, -0.25) is 4.79 Å². The zero-order valence-corrected chi connectivity index (χ0v) is 11.0. The van der Waals surface area contributed by atoms with Crippen molar-refractivity contribution in [2.75, 3.05) is 6.54 Å². The van der Waals surface area contributed by atoms with Crippen LogP contribution in [0.3, 0.4) is 0 Å². The average Bonchev–Trinajstić information content (AvgIpc) is 2.81. The lowest BCUT2D eigenvalue weighted by atomic mass is 10.1. The number of benzene rings is 1. The number of amides is 1. The van der Waals surface area contributed by atoms with E-state index in [2.05, 4.69) is 0 Å². The summed E-state index contributed by atoms with van der Waals surface area (Å²) in [5.41, 5.74) is 6.79. The highest BCUT2D eigenvalue weighted by Gasteiger charge is 2.40. The summed E-state index contributed by atoms with van der Waals surface area (Å²) in [5, 5.41) is 18.6. The molecule has 2 rings (SSSR count). The second kappa shape index (κ2) is 6.02. The zero-order valence-electron chi connectivity index (χ0n) is 11.0. The van der Waals surface area contributed by atoms with E-state index in [4.69, 9.17) is 10.8 Å². The van der Waals surface area contributed by atoms with Crippen LogP contribution >= 0.6 is 0 Å². The number of β-amino-alcohol motifs (C(OH)–C–C–N with tert-alkyl or cyclic N) is 1. The van der Waals surface area contributed by atoms with Crippen molar-refractivity contribution in [1.82, 2.24) is 4.90 Å². The Morgan fingerprint density at radius 3 is 2.60 bits per heavy atom. The molecule has 20 heavy (non-hydrogen) atoms. The van der Waals surface area contributed by atoms with Gasteiger partial charge < -0.3 is 20.8 Å². The van der Waals surface area contributed by atoms with Crippen molar-refractivity contribution in [1.29, 1.82) is 0 Å². The molecule has 1 aliphatic rings. The summed E-state index contributed by atoms with van der Waals surface area (Å²) in [6, 6.07) is 7.51. The number of carbonyl (C=O) groups excluding carboxylic acids is 1. The lowest BCUT2D eigenvalue weighted by molar-refractivity contribution is -0.148. The van der Waals surface area contributed by atoms with E-state index >= 15 is 0 Å². The van der Waals surface area contributed by atoms with E-state index in [9.17, 15) is 14.7 Å². The van der Waals surface area contributed by atoms with Gasteiger partial charge in [0.2, 0.25) is 5.91 Å². The molecule has 1 saturated heterocycles. The summed E-state index contributed by atoms with van der Waals surface area (Å²) in [4.78, 5) is 24.5. The molecule has 108 valence electrons. The number of carboxylic acid groups (broad SMARTS) is 1. The number of aliphatic hydroxyl groups is 1. The van der Waals surface area contributed by atoms with Crippen LogP contribution in [0.2, 0.25) is 0 Å². The first-order chi connectivity index (χ1) is 9.49. The third-order valence-electron chi connectivity index (χ3n) is 3.46. The third-order valence-corrected chi connectivity index (χ3v) is 3.46. The van der Waals surface area contributed by atoms with Crippen LogP contribution in [0, 0.1) is 0 Å². The predicted octanol–water partition coefficient (Wildman–Crippen LogP) is -0.397. The molecule has 1 amide bonds. The van der Waals surface area contributed by atoms with Gasteiger partial charge in [-0.1, -0.05) is 30.3 Å². The highest BCUT2D eigenvalue weighted by atomic mass is 16.4. The molecule has 0 spiro atoms. The highest BCUT2D eigenvalue weighted by Crippen LogP contribution is 2.19. The summed E-state index contributed by atoms with van der Waals surface area (Å²) in [6.45, 7) is 0.0261. The first kappa shape index (κ1) is 14.5. The van der Waals surface area contributed by atoms with Gasteiger partial charge in [0.15, 0.2) is 0 Å². The Morgan fingerprint density at radius 2 is 2.00 bits per heavy atom. The number of nitrogens with zero attached hydrogens (tertiary/aromatic N) is 1. The number of hydrogen-bond donors (Lipinski definition) is 3. The van der Waals surface area contributed by atoms with Crippen LogP contribution in [0.1, 0.15) is 12.0 Å². The van der Waals surface area contributed by atoms with E-state index in [1.165, 1.54) is 4.90 Å². The molecule has 0 aliphatic carbocycles. The molecule has 1 aromatic carbocycles. The number of nitrogens with two attached hydrogens (primary N) is 1. The predicted molar refractivity (Wildman–Crippen MR) is 71.9 cm³/mol. The van der Waals surface area contributed by atoms with Crippen molar-refractivity contribution in [2.24, 2.45) is 5.73 Å². The second-order valence-electron chi connectivity index (χ2n) is 5.03. The van der Waals surface area contributed by atoms with Crippen LogP contribution in [0.4, 0.5) is 0 Å². The van der Waals surface area contributed by atoms with Crippen LogP contribution < -0.4 is 5.73 Å². The molecule has 1 fully saturated rings. The van der Waals surface area contributed by atoms with Gasteiger partial charge >= 0.3 is 5.97 Å². The second-order valence-corrected chi connectivity index (χ2v) is 5.03. The molecule has 1 unspecified atom stereocenters. The van der Waals surface area contributed by atoms with Gasteiger partial charge in [0.1, 0.15) is 6.04 Å². The number of hydrogen-bond acceptors (Lipinski definition) is 4. The van der Waals surface area contributed by atoms with E-state index in [1.807, 2.05) is 30.3 Å². The Bertz CT molecular complexity index is 491. The van der Waals surface area contributed by atoms with Crippen LogP contribution in [0.15, 0.2) is 30.3 Å². The van der Waals surface area contributed by atoms with Gasteiger partial charge in [0, 0.05) is 13.0 Å². The summed E-state index contributed by atoms with van der Waals surface area (Å²) >= 11 is 0. The monoisotopic (exact) mass is 278 g/mol. The molecule has 0 aromatic heterocycles. The standard InChI is InChI=1S/C14H18N2O4/c15-11(6-9-4-2-1-3-5-9)13(18)16-8-10(17)7-12(16)14(19)20/h1-5,10-12,17H,6-8,15H2,(H,19,20)/t10-,11?,12+/m1/s1. The summed E-state index contributed by atoms with van der Waals surface area (Å²) in [5.74, 6) is -1.54. The van der Waals surface area contributed by atoms with E-state index in [0.29, 0.717) is 6.42 Å². The number of carbonyl (C=O) groups is 2. The van der Waals surface area contributed by atoms with Gasteiger partial charge in [-0.25, -0.2) is 4.79 Å². The van der Waals surface area contributed by atoms with Gasteiger partial charge in [-0.15, -0.1) is 0 Å². The normalized spacial score (nSPS) is 23.6. The fraction of sp³-hybridized carbons (Fsp3) is 0.429. The van der Waals surface area contributed by atoms with Crippen molar-refractivity contribution in [3.63, 3.8) is 0 Å². The maximum Gasteiger partial charge on any atom is 0.326 e. The van der Waals surface area contributed by atoms with Crippen molar-refractivity contribution in [2.45, 2.75) is 31.0 Å². The molecular weight excluding hydrogens is 260 g/mol. The van der Waals surface area contributed by atoms with Gasteiger partial charge in [-0.2, -0.15) is 0 Å². The molecule has 1 aliphatic heterocycles. The fourth-order valence-corrected chi connectivity index (χ4v) is 2.46. The van der Waals surface area contributed by atoms with Gasteiger partial charge in [0.05, 0.1) is 12.1 Å². The Kier molecular flexibility index (Phi) is 4.36. The van der Waals surface area contributed by atoms with E-state index in [1.54, 1.807) is 0 Å². The third kappa shape index (κ3) is 3.15. The first-order valence-electron chi connectivity index (χ1n) is 6.50. The number of carboxylic acids is 1. The SMILES string of the molecule is NC(Cc1ccccc1)C(=O)N1C[C@H](O)C[C@H]1C(=O)O. The van der Waals surface area contributed by atoms with Gasteiger partial charge in [-0.05, 0) is 12.0 Å². The van der Waals surface area contributed by atoms with Crippen LogP contribution in [0.25, 0.3) is 0 Å². The van der Waals surface area contributed by atoms with Crippen molar-refractivity contribution < 1.29 is 19.8 Å². The molecule has 1 aromatic rings. The quantitative estimate of drug-likeness (QED) is 0.695. The molecular formula is C14H18N2O4. The lowest BCUT2D eigenvalue weighted by Gasteiger charge is -2.24. The molecule has 4 N–H and O–H groups in total. The molecule has 0 saturated carbocycles. The number of rotatable bonds is 4. The van der Waals surface area contributed by atoms with Crippen molar-refractivity contribution >= 4 is 11.9 Å².